The van der Waals surface area contributed by atoms with E-state index in [0.717, 1.165) is 5.56 Å². The molecular formula is C16H23N3O4. The van der Waals surface area contributed by atoms with Crippen molar-refractivity contribution in [2.75, 3.05) is 33.0 Å². The number of urea groups is 1. The third-order valence-electron chi connectivity index (χ3n) is 3.44. The fourth-order valence-corrected chi connectivity index (χ4v) is 1.96. The molecule has 0 saturated heterocycles. The van der Waals surface area contributed by atoms with Gasteiger partial charge in [-0.15, -0.1) is 0 Å². The van der Waals surface area contributed by atoms with E-state index in [9.17, 15) is 14.4 Å². The predicted molar refractivity (Wildman–Crippen MR) is 87.6 cm³/mol. The third kappa shape index (κ3) is 4.98. The predicted octanol–water partition coefficient (Wildman–Crippen LogP) is 1.88. The molecule has 0 radical (unpaired) electrons. The van der Waals surface area contributed by atoms with Gasteiger partial charge in [-0.05, 0) is 24.6 Å². The fraction of sp³-hybridized carbons (Fsp3) is 0.438. The van der Waals surface area contributed by atoms with Gasteiger partial charge in [0.2, 0.25) is 0 Å². The number of anilines is 1. The number of carbonyl (C=O) groups is 3. The number of carboxylic acids is 1. The standard InChI is InChI=1S/C16H23N3O4/c1-10-6-7-12(8-13(10)14(20)18(3)4)17-16(23)19(5)9-11(2)15(21)22/h6-8,11H,9H2,1-5H3,(H,17,23)(H,21,22). The van der Waals surface area contributed by atoms with Crippen molar-refractivity contribution in [3.8, 4) is 0 Å². The number of carboxylic acid groups (broad SMARTS) is 1. The van der Waals surface area contributed by atoms with Crippen LogP contribution in [0.25, 0.3) is 0 Å². The second-order valence-corrected chi connectivity index (χ2v) is 5.78. The summed E-state index contributed by atoms with van der Waals surface area (Å²) in [6.07, 6.45) is 0. The molecule has 7 nitrogen and oxygen atoms in total. The number of hydrogen-bond donors (Lipinski definition) is 2. The summed E-state index contributed by atoms with van der Waals surface area (Å²) in [6.45, 7) is 3.45. The van der Waals surface area contributed by atoms with Gasteiger partial charge in [0.15, 0.2) is 0 Å². The zero-order valence-corrected chi connectivity index (χ0v) is 14.1. The number of benzene rings is 1. The number of aryl methyl sites for hydroxylation is 1. The van der Waals surface area contributed by atoms with Crippen molar-refractivity contribution in [3.05, 3.63) is 29.3 Å². The molecule has 0 bridgehead atoms. The number of nitrogens with one attached hydrogen (secondary N) is 1. The average molecular weight is 321 g/mol. The molecule has 23 heavy (non-hydrogen) atoms. The number of nitrogens with zero attached hydrogens (tertiary/aromatic N) is 2. The van der Waals surface area contributed by atoms with Gasteiger partial charge < -0.3 is 20.2 Å². The van der Waals surface area contributed by atoms with Crippen LogP contribution in [0.3, 0.4) is 0 Å². The van der Waals surface area contributed by atoms with Crippen LogP contribution in [-0.4, -0.2) is 60.5 Å². The normalized spacial score (nSPS) is 11.5. The second kappa shape index (κ2) is 7.62. The molecule has 0 aliphatic rings. The van der Waals surface area contributed by atoms with Crippen LogP contribution < -0.4 is 5.32 Å². The van der Waals surface area contributed by atoms with Crippen LogP contribution in [0.15, 0.2) is 18.2 Å². The smallest absolute Gasteiger partial charge is 0.321 e. The van der Waals surface area contributed by atoms with Gasteiger partial charge in [-0.25, -0.2) is 4.79 Å². The lowest BCUT2D eigenvalue weighted by Gasteiger charge is -2.20. The monoisotopic (exact) mass is 321 g/mol. The summed E-state index contributed by atoms with van der Waals surface area (Å²) in [5.74, 6) is -1.76. The summed E-state index contributed by atoms with van der Waals surface area (Å²) in [4.78, 5) is 37.8. The molecule has 3 amide bonds. The number of carbonyl (C=O) groups excluding carboxylic acids is 2. The molecule has 0 aromatic heterocycles. The fourth-order valence-electron chi connectivity index (χ4n) is 1.96. The molecule has 0 heterocycles. The Bertz CT molecular complexity index is 613. The molecule has 1 atom stereocenters. The SMILES string of the molecule is Cc1ccc(NC(=O)N(C)CC(C)C(=O)O)cc1C(=O)N(C)C. The molecule has 7 heteroatoms. The van der Waals surface area contributed by atoms with E-state index in [-0.39, 0.29) is 12.5 Å². The molecule has 1 unspecified atom stereocenters. The number of amides is 3. The molecule has 1 rings (SSSR count). The van der Waals surface area contributed by atoms with Crippen LogP contribution in [0.4, 0.5) is 10.5 Å². The Balaban J connectivity index is 2.85. The van der Waals surface area contributed by atoms with Crippen molar-refractivity contribution < 1.29 is 19.5 Å². The van der Waals surface area contributed by atoms with E-state index in [1.54, 1.807) is 32.3 Å². The summed E-state index contributed by atoms with van der Waals surface area (Å²) < 4.78 is 0. The Hall–Kier alpha value is -2.57. The second-order valence-electron chi connectivity index (χ2n) is 5.78. The first-order valence-corrected chi connectivity index (χ1v) is 7.20. The maximum absolute atomic E-state index is 12.1. The molecule has 0 aliphatic heterocycles. The van der Waals surface area contributed by atoms with Gasteiger partial charge in [-0.2, -0.15) is 0 Å². The minimum Gasteiger partial charge on any atom is -0.481 e. The van der Waals surface area contributed by atoms with Crippen LogP contribution in [-0.2, 0) is 4.79 Å². The van der Waals surface area contributed by atoms with Crippen LogP contribution in [0.2, 0.25) is 0 Å². The van der Waals surface area contributed by atoms with Crippen molar-refractivity contribution in [1.29, 1.82) is 0 Å². The molecule has 1 aromatic rings. The Morgan fingerprint density at radius 1 is 1.22 bits per heavy atom. The van der Waals surface area contributed by atoms with Crippen LogP contribution in [0.1, 0.15) is 22.8 Å². The van der Waals surface area contributed by atoms with Gasteiger partial charge in [-0.3, -0.25) is 9.59 Å². The zero-order valence-electron chi connectivity index (χ0n) is 14.1. The van der Waals surface area contributed by atoms with E-state index in [1.165, 1.54) is 23.8 Å². The quantitative estimate of drug-likeness (QED) is 0.866. The van der Waals surface area contributed by atoms with Gasteiger partial charge in [0.1, 0.15) is 0 Å². The Morgan fingerprint density at radius 2 is 1.83 bits per heavy atom. The summed E-state index contributed by atoms with van der Waals surface area (Å²) >= 11 is 0. The van der Waals surface area contributed by atoms with Crippen molar-refractivity contribution in [2.24, 2.45) is 5.92 Å². The van der Waals surface area contributed by atoms with E-state index in [1.807, 2.05) is 6.92 Å². The van der Waals surface area contributed by atoms with Crippen molar-refractivity contribution in [2.45, 2.75) is 13.8 Å². The number of hydrogen-bond acceptors (Lipinski definition) is 3. The Labute approximate surface area is 135 Å². The van der Waals surface area contributed by atoms with E-state index in [0.29, 0.717) is 11.3 Å². The van der Waals surface area contributed by atoms with Crippen LogP contribution in [0, 0.1) is 12.8 Å². The molecule has 126 valence electrons. The van der Waals surface area contributed by atoms with E-state index in [4.69, 9.17) is 5.11 Å². The first-order chi connectivity index (χ1) is 10.6. The zero-order chi connectivity index (χ0) is 17.7. The van der Waals surface area contributed by atoms with Gasteiger partial charge in [-0.1, -0.05) is 13.0 Å². The average Bonchev–Trinajstić information content (AvgIpc) is 2.47. The number of aliphatic carboxylic acids is 1. The highest BCUT2D eigenvalue weighted by Gasteiger charge is 2.18. The minimum atomic E-state index is -0.959. The van der Waals surface area contributed by atoms with Gasteiger partial charge in [0, 0.05) is 38.9 Å². The molecule has 2 N–H and O–H groups in total. The summed E-state index contributed by atoms with van der Waals surface area (Å²) in [7, 11) is 4.84. The van der Waals surface area contributed by atoms with Crippen LogP contribution in [0.5, 0.6) is 0 Å². The molecule has 0 saturated carbocycles. The largest absolute Gasteiger partial charge is 0.481 e. The van der Waals surface area contributed by atoms with Crippen molar-refractivity contribution in [1.82, 2.24) is 9.80 Å². The summed E-state index contributed by atoms with van der Waals surface area (Å²) in [6, 6.07) is 4.65. The highest BCUT2D eigenvalue weighted by molar-refractivity contribution is 5.97. The number of rotatable bonds is 5. The first kappa shape index (κ1) is 18.5. The van der Waals surface area contributed by atoms with Crippen LogP contribution >= 0.6 is 0 Å². The molecule has 0 aliphatic carbocycles. The maximum Gasteiger partial charge on any atom is 0.321 e. The van der Waals surface area contributed by atoms with E-state index >= 15 is 0 Å². The molecule has 0 spiro atoms. The highest BCUT2D eigenvalue weighted by atomic mass is 16.4. The Morgan fingerprint density at radius 3 is 2.35 bits per heavy atom. The molecule has 1 aromatic carbocycles. The van der Waals surface area contributed by atoms with Gasteiger partial charge in [0.25, 0.3) is 5.91 Å². The lowest BCUT2D eigenvalue weighted by Crippen LogP contribution is -2.36. The van der Waals surface area contributed by atoms with Crippen molar-refractivity contribution >= 4 is 23.6 Å². The highest BCUT2D eigenvalue weighted by Crippen LogP contribution is 2.17. The lowest BCUT2D eigenvalue weighted by molar-refractivity contribution is -0.141. The topological polar surface area (TPSA) is 90.0 Å². The molecular weight excluding hydrogens is 298 g/mol. The summed E-state index contributed by atoms with van der Waals surface area (Å²) in [5, 5.41) is 11.6. The maximum atomic E-state index is 12.1. The Kier molecular flexibility index (Phi) is 6.12. The van der Waals surface area contributed by atoms with Gasteiger partial charge in [0.05, 0.1) is 5.92 Å². The van der Waals surface area contributed by atoms with Gasteiger partial charge >= 0.3 is 12.0 Å². The van der Waals surface area contributed by atoms with Crippen molar-refractivity contribution in [3.63, 3.8) is 0 Å². The lowest BCUT2D eigenvalue weighted by atomic mass is 10.1. The van der Waals surface area contributed by atoms with E-state index < -0.39 is 17.9 Å². The third-order valence-corrected chi connectivity index (χ3v) is 3.44. The summed E-state index contributed by atoms with van der Waals surface area (Å²) in [5.41, 5.74) is 1.81. The van der Waals surface area contributed by atoms with E-state index in [2.05, 4.69) is 5.32 Å². The first-order valence-electron chi connectivity index (χ1n) is 7.20. The molecule has 0 fully saturated rings. The minimum absolute atomic E-state index is 0.0938.